The largest absolute Gasteiger partial charge is 0.508 e. The molecule has 0 bridgehead atoms. The van der Waals surface area contributed by atoms with Crippen LogP contribution in [0, 0.1) is 0 Å². The molecule has 3 rings (SSSR count). The Bertz CT molecular complexity index is 707. The van der Waals surface area contributed by atoms with Gasteiger partial charge in [0.25, 0.3) is 5.89 Å². The van der Waals surface area contributed by atoms with Gasteiger partial charge >= 0.3 is 0 Å². The van der Waals surface area contributed by atoms with Gasteiger partial charge in [-0.2, -0.15) is 4.98 Å². The van der Waals surface area contributed by atoms with Crippen molar-refractivity contribution in [2.75, 3.05) is 0 Å². The van der Waals surface area contributed by atoms with Crippen molar-refractivity contribution in [2.45, 2.75) is 0 Å². The molecule has 0 saturated carbocycles. The van der Waals surface area contributed by atoms with E-state index < -0.39 is 0 Å². The first-order chi connectivity index (χ1) is 9.22. The number of rotatable bonds is 2. The van der Waals surface area contributed by atoms with E-state index in [1.165, 1.54) is 0 Å². The number of phenolic OH excluding ortho intramolecular Hbond substituents is 1. The molecule has 0 unspecified atom stereocenters. The molecule has 4 nitrogen and oxygen atoms in total. The van der Waals surface area contributed by atoms with E-state index in [1.54, 1.807) is 24.3 Å². The summed E-state index contributed by atoms with van der Waals surface area (Å²) in [5, 5.41) is 13.2. The first kappa shape index (κ1) is 11.9. The zero-order chi connectivity index (χ0) is 13.2. The minimum absolute atomic E-state index is 0.204. The van der Waals surface area contributed by atoms with Crippen LogP contribution >= 0.6 is 15.9 Å². The van der Waals surface area contributed by atoms with Gasteiger partial charge in [-0.1, -0.05) is 33.2 Å². The van der Waals surface area contributed by atoms with Crippen molar-refractivity contribution in [3.8, 4) is 28.6 Å². The zero-order valence-corrected chi connectivity index (χ0v) is 11.3. The summed E-state index contributed by atoms with van der Waals surface area (Å²) in [6, 6.07) is 14.3. The molecule has 0 saturated heterocycles. The number of aromatic hydroxyl groups is 1. The van der Waals surface area contributed by atoms with Crippen LogP contribution in [0.5, 0.6) is 5.75 Å². The lowest BCUT2D eigenvalue weighted by Crippen LogP contribution is -1.81. The Morgan fingerprint density at radius 1 is 1.00 bits per heavy atom. The van der Waals surface area contributed by atoms with Crippen LogP contribution in [-0.2, 0) is 0 Å². The third-order valence-corrected chi connectivity index (χ3v) is 3.12. The molecule has 1 heterocycles. The predicted molar refractivity (Wildman–Crippen MR) is 74.5 cm³/mol. The number of halogens is 1. The molecule has 0 amide bonds. The van der Waals surface area contributed by atoms with Crippen molar-refractivity contribution in [1.82, 2.24) is 10.1 Å². The summed E-state index contributed by atoms with van der Waals surface area (Å²) in [5.74, 6) is 1.16. The van der Waals surface area contributed by atoms with Crippen LogP contribution in [0.1, 0.15) is 0 Å². The van der Waals surface area contributed by atoms with E-state index in [4.69, 9.17) is 4.52 Å². The highest BCUT2D eigenvalue weighted by Crippen LogP contribution is 2.25. The lowest BCUT2D eigenvalue weighted by atomic mass is 10.2. The second-order valence-electron chi connectivity index (χ2n) is 3.98. The van der Waals surface area contributed by atoms with Gasteiger partial charge in [-0.25, -0.2) is 0 Å². The molecular formula is C14H9BrN2O2. The highest BCUT2D eigenvalue weighted by atomic mass is 79.9. The molecule has 0 aliphatic carbocycles. The fraction of sp³-hybridized carbons (Fsp3) is 0. The molecule has 19 heavy (non-hydrogen) atoms. The Labute approximate surface area is 117 Å². The number of hydrogen-bond donors (Lipinski definition) is 1. The standard InChI is InChI=1S/C14H9BrN2O2/c15-11-3-1-2-10(8-11)13-16-14(19-17-13)9-4-6-12(18)7-5-9/h1-8,18H. The van der Waals surface area contributed by atoms with Crippen LogP contribution in [-0.4, -0.2) is 15.2 Å². The van der Waals surface area contributed by atoms with E-state index in [-0.39, 0.29) is 5.75 Å². The maximum absolute atomic E-state index is 9.25. The van der Waals surface area contributed by atoms with Crippen molar-refractivity contribution < 1.29 is 9.63 Å². The number of hydrogen-bond acceptors (Lipinski definition) is 4. The predicted octanol–water partition coefficient (Wildman–Crippen LogP) is 3.87. The van der Waals surface area contributed by atoms with Crippen LogP contribution < -0.4 is 0 Å². The molecule has 5 heteroatoms. The Hall–Kier alpha value is -2.14. The minimum Gasteiger partial charge on any atom is -0.508 e. The summed E-state index contributed by atoms with van der Waals surface area (Å²) in [7, 11) is 0. The topological polar surface area (TPSA) is 59.2 Å². The monoisotopic (exact) mass is 316 g/mol. The molecule has 0 spiro atoms. The van der Waals surface area contributed by atoms with Gasteiger partial charge in [0.15, 0.2) is 0 Å². The van der Waals surface area contributed by atoms with E-state index in [0.29, 0.717) is 11.7 Å². The van der Waals surface area contributed by atoms with Crippen LogP contribution in [0.15, 0.2) is 57.5 Å². The van der Waals surface area contributed by atoms with Gasteiger partial charge in [-0.05, 0) is 36.4 Å². The molecule has 2 aromatic carbocycles. The van der Waals surface area contributed by atoms with Crippen LogP contribution in [0.4, 0.5) is 0 Å². The quantitative estimate of drug-likeness (QED) is 0.779. The molecule has 0 atom stereocenters. The van der Waals surface area contributed by atoms with Gasteiger partial charge in [0.1, 0.15) is 5.75 Å². The Morgan fingerprint density at radius 2 is 1.79 bits per heavy atom. The van der Waals surface area contributed by atoms with Crippen molar-refractivity contribution >= 4 is 15.9 Å². The number of aromatic nitrogens is 2. The summed E-state index contributed by atoms with van der Waals surface area (Å²) in [4.78, 5) is 4.34. The van der Waals surface area contributed by atoms with Crippen LogP contribution in [0.25, 0.3) is 22.8 Å². The van der Waals surface area contributed by atoms with Crippen molar-refractivity contribution in [2.24, 2.45) is 0 Å². The molecule has 0 aliphatic rings. The molecule has 0 fully saturated rings. The van der Waals surface area contributed by atoms with Crippen LogP contribution in [0.3, 0.4) is 0 Å². The van der Waals surface area contributed by atoms with Gasteiger partial charge in [0.2, 0.25) is 5.82 Å². The number of benzene rings is 2. The number of nitrogens with zero attached hydrogens (tertiary/aromatic N) is 2. The van der Waals surface area contributed by atoms with Gasteiger partial charge in [0.05, 0.1) is 0 Å². The summed E-state index contributed by atoms with van der Waals surface area (Å²) in [6.45, 7) is 0. The van der Waals surface area contributed by atoms with Crippen molar-refractivity contribution in [3.05, 3.63) is 53.0 Å². The lowest BCUT2D eigenvalue weighted by Gasteiger charge is -1.95. The highest BCUT2D eigenvalue weighted by Gasteiger charge is 2.10. The summed E-state index contributed by atoms with van der Waals surface area (Å²) in [5.41, 5.74) is 1.65. The van der Waals surface area contributed by atoms with Gasteiger partial charge in [-0.3, -0.25) is 0 Å². The van der Waals surface area contributed by atoms with E-state index in [1.807, 2.05) is 24.3 Å². The average Bonchev–Trinajstić information content (AvgIpc) is 2.89. The Morgan fingerprint density at radius 3 is 2.53 bits per heavy atom. The average molecular weight is 317 g/mol. The third-order valence-electron chi connectivity index (χ3n) is 2.62. The van der Waals surface area contributed by atoms with Crippen molar-refractivity contribution in [1.29, 1.82) is 0 Å². The van der Waals surface area contributed by atoms with Gasteiger partial charge in [0, 0.05) is 15.6 Å². The maximum Gasteiger partial charge on any atom is 0.258 e. The zero-order valence-electron chi connectivity index (χ0n) is 9.75. The normalized spacial score (nSPS) is 10.6. The fourth-order valence-electron chi connectivity index (χ4n) is 1.69. The SMILES string of the molecule is Oc1ccc(-c2nc(-c3cccc(Br)c3)no2)cc1. The fourth-order valence-corrected chi connectivity index (χ4v) is 2.09. The molecule has 1 aromatic heterocycles. The Kier molecular flexibility index (Phi) is 3.05. The van der Waals surface area contributed by atoms with E-state index in [9.17, 15) is 5.11 Å². The first-order valence-corrected chi connectivity index (χ1v) is 6.41. The highest BCUT2D eigenvalue weighted by molar-refractivity contribution is 9.10. The minimum atomic E-state index is 0.204. The van der Waals surface area contributed by atoms with E-state index in [2.05, 4.69) is 26.1 Å². The van der Waals surface area contributed by atoms with E-state index >= 15 is 0 Å². The Balaban J connectivity index is 1.97. The number of phenols is 1. The molecule has 94 valence electrons. The van der Waals surface area contributed by atoms with Crippen LogP contribution in [0.2, 0.25) is 0 Å². The molecule has 0 radical (unpaired) electrons. The summed E-state index contributed by atoms with van der Waals surface area (Å²) in [6.07, 6.45) is 0. The van der Waals surface area contributed by atoms with E-state index in [0.717, 1.165) is 15.6 Å². The molecule has 0 aliphatic heterocycles. The molecule has 3 aromatic rings. The lowest BCUT2D eigenvalue weighted by molar-refractivity contribution is 0.432. The molecular weight excluding hydrogens is 308 g/mol. The summed E-state index contributed by atoms with van der Waals surface area (Å²) >= 11 is 3.41. The smallest absolute Gasteiger partial charge is 0.258 e. The van der Waals surface area contributed by atoms with Gasteiger partial charge < -0.3 is 9.63 Å². The summed E-state index contributed by atoms with van der Waals surface area (Å²) < 4.78 is 6.19. The third kappa shape index (κ3) is 2.51. The second-order valence-corrected chi connectivity index (χ2v) is 4.90. The van der Waals surface area contributed by atoms with Crippen molar-refractivity contribution in [3.63, 3.8) is 0 Å². The maximum atomic E-state index is 9.25. The first-order valence-electron chi connectivity index (χ1n) is 5.61. The van der Waals surface area contributed by atoms with Gasteiger partial charge in [-0.15, -0.1) is 0 Å². The second kappa shape index (κ2) is 4.85. The molecule has 1 N–H and O–H groups in total.